The summed E-state index contributed by atoms with van der Waals surface area (Å²) in [7, 11) is 0. The van der Waals surface area contributed by atoms with Crippen LogP contribution in [-0.2, 0) is 6.54 Å². The van der Waals surface area contributed by atoms with Gasteiger partial charge in [-0.15, -0.1) is 0 Å². The number of halogens is 1. The number of oxime groups is 1. The summed E-state index contributed by atoms with van der Waals surface area (Å²) in [5.74, 6) is 0.128. The van der Waals surface area contributed by atoms with Crippen molar-refractivity contribution in [1.29, 1.82) is 0 Å². The second kappa shape index (κ2) is 5.14. The van der Waals surface area contributed by atoms with Crippen molar-refractivity contribution in [1.82, 2.24) is 5.32 Å². The van der Waals surface area contributed by atoms with Crippen LogP contribution in [0.5, 0.6) is 0 Å². The van der Waals surface area contributed by atoms with E-state index in [1.165, 1.54) is 18.9 Å². The highest BCUT2D eigenvalue weighted by Crippen LogP contribution is 2.27. The van der Waals surface area contributed by atoms with Crippen LogP contribution >= 0.6 is 0 Å². The summed E-state index contributed by atoms with van der Waals surface area (Å²) < 4.78 is 13.9. The third kappa shape index (κ3) is 2.94. The summed E-state index contributed by atoms with van der Waals surface area (Å²) in [5, 5.41) is 14.6. The Labute approximate surface area is 99.3 Å². The molecule has 4 N–H and O–H groups in total. The smallest absolute Gasteiger partial charge is 0.173 e. The second-order valence-electron chi connectivity index (χ2n) is 4.34. The van der Waals surface area contributed by atoms with Crippen molar-refractivity contribution in [2.24, 2.45) is 16.8 Å². The summed E-state index contributed by atoms with van der Waals surface area (Å²) in [5.41, 5.74) is 6.06. The van der Waals surface area contributed by atoms with Gasteiger partial charge >= 0.3 is 0 Å². The molecule has 1 saturated carbocycles. The van der Waals surface area contributed by atoms with E-state index in [9.17, 15) is 4.39 Å². The molecule has 0 aliphatic heterocycles. The fraction of sp³-hybridized carbons (Fsp3) is 0.417. The lowest BCUT2D eigenvalue weighted by atomic mass is 10.1. The largest absolute Gasteiger partial charge is 0.409 e. The van der Waals surface area contributed by atoms with Gasteiger partial charge in [-0.25, -0.2) is 4.39 Å². The first kappa shape index (κ1) is 11.9. The van der Waals surface area contributed by atoms with Crippen molar-refractivity contribution in [2.45, 2.75) is 19.4 Å². The number of amidine groups is 1. The predicted octanol–water partition coefficient (Wildman–Crippen LogP) is 1.42. The van der Waals surface area contributed by atoms with Gasteiger partial charge in [0.1, 0.15) is 5.82 Å². The fourth-order valence-corrected chi connectivity index (χ4v) is 1.70. The SMILES string of the molecule is N/C(=N/O)c1cccc(CNCC2CC2)c1F. The lowest BCUT2D eigenvalue weighted by Crippen LogP contribution is -2.20. The normalized spacial score (nSPS) is 16.2. The molecule has 0 unspecified atom stereocenters. The minimum atomic E-state index is -0.425. The Bertz CT molecular complexity index is 430. The van der Waals surface area contributed by atoms with Crippen LogP contribution in [0.4, 0.5) is 4.39 Å². The maximum atomic E-state index is 13.9. The monoisotopic (exact) mass is 237 g/mol. The van der Waals surface area contributed by atoms with Crippen molar-refractivity contribution in [3.05, 3.63) is 35.1 Å². The number of benzene rings is 1. The average molecular weight is 237 g/mol. The molecule has 0 atom stereocenters. The van der Waals surface area contributed by atoms with Gasteiger partial charge in [-0.05, 0) is 31.4 Å². The minimum absolute atomic E-state index is 0.137. The van der Waals surface area contributed by atoms with Crippen LogP contribution < -0.4 is 11.1 Å². The maximum Gasteiger partial charge on any atom is 0.173 e. The maximum absolute atomic E-state index is 13.9. The van der Waals surface area contributed by atoms with Gasteiger partial charge in [-0.3, -0.25) is 0 Å². The number of nitrogens with two attached hydrogens (primary N) is 1. The Morgan fingerprint density at radius 3 is 2.94 bits per heavy atom. The van der Waals surface area contributed by atoms with E-state index >= 15 is 0 Å². The summed E-state index contributed by atoms with van der Waals surface area (Å²) in [6, 6.07) is 4.89. The molecule has 0 saturated heterocycles. The van der Waals surface area contributed by atoms with Crippen molar-refractivity contribution in [3.63, 3.8) is 0 Å². The molecule has 1 aromatic rings. The van der Waals surface area contributed by atoms with Crippen molar-refractivity contribution >= 4 is 5.84 Å². The molecule has 1 fully saturated rings. The van der Waals surface area contributed by atoms with Crippen LogP contribution in [0.25, 0.3) is 0 Å². The van der Waals surface area contributed by atoms with E-state index in [1.807, 2.05) is 0 Å². The van der Waals surface area contributed by atoms with Crippen molar-refractivity contribution in [3.8, 4) is 0 Å². The summed E-state index contributed by atoms with van der Waals surface area (Å²) in [6.45, 7) is 1.39. The highest BCUT2D eigenvalue weighted by Gasteiger charge is 2.20. The Kier molecular flexibility index (Phi) is 3.58. The lowest BCUT2D eigenvalue weighted by Gasteiger charge is -2.08. The van der Waals surface area contributed by atoms with Crippen LogP contribution in [0.1, 0.15) is 24.0 Å². The Balaban J connectivity index is 2.05. The topological polar surface area (TPSA) is 70.6 Å². The number of hydrogen-bond acceptors (Lipinski definition) is 3. The Morgan fingerprint density at radius 1 is 1.53 bits per heavy atom. The molecule has 0 amide bonds. The molecular formula is C12H16FN3O. The van der Waals surface area contributed by atoms with Gasteiger partial charge in [0, 0.05) is 12.1 Å². The van der Waals surface area contributed by atoms with Crippen LogP contribution in [0.15, 0.2) is 23.4 Å². The second-order valence-corrected chi connectivity index (χ2v) is 4.34. The highest BCUT2D eigenvalue weighted by atomic mass is 19.1. The average Bonchev–Trinajstić information content (AvgIpc) is 3.14. The van der Waals surface area contributed by atoms with E-state index in [-0.39, 0.29) is 11.4 Å². The molecule has 2 rings (SSSR count). The molecule has 0 aromatic heterocycles. The zero-order valence-electron chi connectivity index (χ0n) is 9.49. The molecule has 0 bridgehead atoms. The van der Waals surface area contributed by atoms with Gasteiger partial charge in [0.25, 0.3) is 0 Å². The van der Waals surface area contributed by atoms with E-state index in [0.29, 0.717) is 12.1 Å². The van der Waals surface area contributed by atoms with E-state index in [1.54, 1.807) is 12.1 Å². The quantitative estimate of drug-likeness (QED) is 0.314. The van der Waals surface area contributed by atoms with Crippen LogP contribution in [-0.4, -0.2) is 17.6 Å². The first-order valence-electron chi connectivity index (χ1n) is 5.68. The Hall–Kier alpha value is -1.62. The predicted molar refractivity (Wildman–Crippen MR) is 63.3 cm³/mol. The number of nitrogens with zero attached hydrogens (tertiary/aromatic N) is 1. The summed E-state index contributed by atoms with van der Waals surface area (Å²) in [4.78, 5) is 0. The van der Waals surface area contributed by atoms with E-state index in [0.717, 1.165) is 12.5 Å². The molecular weight excluding hydrogens is 221 g/mol. The molecule has 17 heavy (non-hydrogen) atoms. The highest BCUT2D eigenvalue weighted by molar-refractivity contribution is 5.97. The standard InChI is InChI=1S/C12H16FN3O/c13-11-9(7-15-6-8-4-5-8)2-1-3-10(11)12(14)16-17/h1-3,8,15,17H,4-7H2,(H2,14,16). The molecule has 1 aliphatic carbocycles. The molecule has 4 nitrogen and oxygen atoms in total. The van der Waals surface area contributed by atoms with Gasteiger partial charge in [0.15, 0.2) is 5.84 Å². The lowest BCUT2D eigenvalue weighted by molar-refractivity contribution is 0.318. The number of hydrogen-bond donors (Lipinski definition) is 3. The number of rotatable bonds is 5. The zero-order chi connectivity index (χ0) is 12.3. The number of nitrogens with one attached hydrogen (secondary N) is 1. The van der Waals surface area contributed by atoms with Gasteiger partial charge in [-0.2, -0.15) is 0 Å². The molecule has 92 valence electrons. The van der Waals surface area contributed by atoms with E-state index < -0.39 is 5.82 Å². The van der Waals surface area contributed by atoms with Crippen LogP contribution in [0, 0.1) is 11.7 Å². The van der Waals surface area contributed by atoms with Gasteiger partial charge < -0.3 is 16.3 Å². The van der Waals surface area contributed by atoms with Crippen molar-refractivity contribution < 1.29 is 9.60 Å². The third-order valence-electron chi connectivity index (χ3n) is 2.91. The summed E-state index contributed by atoms with van der Waals surface area (Å²) >= 11 is 0. The van der Waals surface area contributed by atoms with E-state index in [4.69, 9.17) is 10.9 Å². The minimum Gasteiger partial charge on any atom is -0.409 e. The van der Waals surface area contributed by atoms with Gasteiger partial charge in [0.05, 0.1) is 5.56 Å². The first-order valence-corrected chi connectivity index (χ1v) is 5.68. The Morgan fingerprint density at radius 2 is 2.29 bits per heavy atom. The van der Waals surface area contributed by atoms with Crippen LogP contribution in [0.3, 0.4) is 0 Å². The van der Waals surface area contributed by atoms with Gasteiger partial charge in [-0.1, -0.05) is 17.3 Å². The molecule has 1 aromatic carbocycles. The third-order valence-corrected chi connectivity index (χ3v) is 2.91. The summed E-state index contributed by atoms with van der Waals surface area (Å²) in [6.07, 6.45) is 2.53. The molecule has 0 spiro atoms. The first-order chi connectivity index (χ1) is 8.22. The zero-order valence-corrected chi connectivity index (χ0v) is 9.49. The molecule has 0 radical (unpaired) electrons. The molecule has 1 aliphatic rings. The molecule has 0 heterocycles. The fourth-order valence-electron chi connectivity index (χ4n) is 1.70. The van der Waals surface area contributed by atoms with Crippen molar-refractivity contribution in [2.75, 3.05) is 6.54 Å². The van der Waals surface area contributed by atoms with Crippen LogP contribution in [0.2, 0.25) is 0 Å². The van der Waals surface area contributed by atoms with E-state index in [2.05, 4.69) is 10.5 Å². The van der Waals surface area contributed by atoms with Gasteiger partial charge in [0.2, 0.25) is 0 Å². The molecule has 5 heteroatoms.